The summed E-state index contributed by atoms with van der Waals surface area (Å²) in [6.45, 7) is -0.329. The summed E-state index contributed by atoms with van der Waals surface area (Å²) in [5.74, 6) is 0.631. The Labute approximate surface area is 128 Å². The zero-order chi connectivity index (χ0) is 15.5. The molecule has 0 saturated carbocycles. The van der Waals surface area contributed by atoms with Crippen LogP contribution in [-0.4, -0.2) is 20.6 Å². The van der Waals surface area contributed by atoms with E-state index >= 15 is 0 Å². The summed E-state index contributed by atoms with van der Waals surface area (Å²) in [6.07, 6.45) is 0. The molecule has 7 heteroatoms. The van der Waals surface area contributed by atoms with Crippen LogP contribution in [0.2, 0.25) is 5.02 Å². The number of ether oxygens (including phenoxy) is 1. The molecule has 0 heterocycles. The summed E-state index contributed by atoms with van der Waals surface area (Å²) in [7, 11) is -2.21. The molecule has 2 N–H and O–H groups in total. The van der Waals surface area contributed by atoms with Gasteiger partial charge >= 0.3 is 0 Å². The third-order valence-electron chi connectivity index (χ3n) is 2.84. The molecule has 112 valence electrons. The molecular weight excluding hydrogens is 314 g/mol. The second kappa shape index (κ2) is 6.34. The highest BCUT2D eigenvalue weighted by Gasteiger charge is 2.15. The molecule has 0 aliphatic carbocycles. The van der Waals surface area contributed by atoms with Crippen LogP contribution in [0.25, 0.3) is 0 Å². The van der Waals surface area contributed by atoms with Gasteiger partial charge in [-0.3, -0.25) is 4.72 Å². The number of sulfonamides is 1. The van der Waals surface area contributed by atoms with Crippen molar-refractivity contribution in [2.45, 2.75) is 11.5 Å². The molecule has 0 radical (unpaired) electrons. The van der Waals surface area contributed by atoms with Crippen molar-refractivity contribution in [1.82, 2.24) is 0 Å². The lowest BCUT2D eigenvalue weighted by Gasteiger charge is -2.10. The Morgan fingerprint density at radius 3 is 2.43 bits per heavy atom. The lowest BCUT2D eigenvalue weighted by molar-refractivity contribution is 0.281. The van der Waals surface area contributed by atoms with Gasteiger partial charge in [0.15, 0.2) is 0 Å². The number of anilines is 1. The van der Waals surface area contributed by atoms with Crippen LogP contribution in [0.1, 0.15) is 5.56 Å². The van der Waals surface area contributed by atoms with Crippen LogP contribution in [0, 0.1) is 0 Å². The van der Waals surface area contributed by atoms with Crippen molar-refractivity contribution in [2.75, 3.05) is 11.8 Å². The molecule has 0 aliphatic heterocycles. The zero-order valence-electron chi connectivity index (χ0n) is 11.2. The van der Waals surface area contributed by atoms with Gasteiger partial charge in [0, 0.05) is 10.7 Å². The first-order valence-electron chi connectivity index (χ1n) is 6.02. The maximum absolute atomic E-state index is 12.3. The number of aliphatic hydroxyl groups excluding tert-OH is 1. The third-order valence-corrected chi connectivity index (χ3v) is 4.59. The molecule has 0 bridgehead atoms. The summed E-state index contributed by atoms with van der Waals surface area (Å²) < 4.78 is 32.0. The van der Waals surface area contributed by atoms with Crippen molar-refractivity contribution in [1.29, 1.82) is 0 Å². The van der Waals surface area contributed by atoms with E-state index in [2.05, 4.69) is 4.72 Å². The lowest BCUT2D eigenvalue weighted by atomic mass is 10.2. The molecule has 0 aromatic heterocycles. The number of benzene rings is 2. The second-order valence-electron chi connectivity index (χ2n) is 4.25. The topological polar surface area (TPSA) is 75.6 Å². The van der Waals surface area contributed by atoms with Crippen LogP contribution in [0.3, 0.4) is 0 Å². The molecule has 5 nitrogen and oxygen atoms in total. The highest BCUT2D eigenvalue weighted by atomic mass is 35.5. The van der Waals surface area contributed by atoms with E-state index < -0.39 is 10.0 Å². The molecule has 21 heavy (non-hydrogen) atoms. The van der Waals surface area contributed by atoms with Crippen molar-refractivity contribution < 1.29 is 18.3 Å². The van der Waals surface area contributed by atoms with E-state index in [1.165, 1.54) is 25.3 Å². The average Bonchev–Trinajstić information content (AvgIpc) is 2.48. The minimum Gasteiger partial charge on any atom is -0.497 e. The minimum atomic E-state index is -3.74. The van der Waals surface area contributed by atoms with Gasteiger partial charge in [0.05, 0.1) is 18.6 Å². The zero-order valence-corrected chi connectivity index (χ0v) is 12.8. The van der Waals surface area contributed by atoms with Gasteiger partial charge in [0.25, 0.3) is 10.0 Å². The number of nitrogens with one attached hydrogen (secondary N) is 1. The van der Waals surface area contributed by atoms with Gasteiger partial charge in [-0.2, -0.15) is 0 Å². The molecule has 0 fully saturated rings. The lowest BCUT2D eigenvalue weighted by Crippen LogP contribution is -2.13. The Bertz CT molecular complexity index is 729. The highest BCUT2D eigenvalue weighted by Crippen LogP contribution is 2.23. The quantitative estimate of drug-likeness (QED) is 0.885. The van der Waals surface area contributed by atoms with Crippen molar-refractivity contribution in [3.63, 3.8) is 0 Å². The molecule has 0 atom stereocenters. The van der Waals surface area contributed by atoms with E-state index in [1.54, 1.807) is 24.3 Å². The van der Waals surface area contributed by atoms with Crippen LogP contribution in [0.5, 0.6) is 5.75 Å². The summed E-state index contributed by atoms with van der Waals surface area (Å²) >= 11 is 5.85. The van der Waals surface area contributed by atoms with Gasteiger partial charge in [-0.05, 0) is 48.0 Å². The number of rotatable bonds is 5. The summed E-state index contributed by atoms with van der Waals surface area (Å²) in [6, 6.07) is 10.7. The van der Waals surface area contributed by atoms with Gasteiger partial charge in [-0.25, -0.2) is 8.42 Å². The summed E-state index contributed by atoms with van der Waals surface area (Å²) in [5, 5.41) is 9.46. The standard InChI is InChI=1S/C14H14ClNO4S/c1-20-12-4-2-11(3-5-12)16-21(18,19)13-6-7-14(15)10(8-13)9-17/h2-8,16-17H,9H2,1H3. The normalized spacial score (nSPS) is 11.2. The molecule has 0 spiro atoms. The molecule has 2 aromatic carbocycles. The first-order valence-corrected chi connectivity index (χ1v) is 7.88. The van der Waals surface area contributed by atoms with Crippen molar-refractivity contribution in [3.8, 4) is 5.75 Å². The fourth-order valence-corrected chi connectivity index (χ4v) is 3.00. The number of hydrogen-bond donors (Lipinski definition) is 2. The SMILES string of the molecule is COc1ccc(NS(=O)(=O)c2ccc(Cl)c(CO)c2)cc1. The predicted octanol–water partition coefficient (Wildman–Crippen LogP) is 2.64. The van der Waals surface area contributed by atoms with Crippen LogP contribution in [0.15, 0.2) is 47.4 Å². The van der Waals surface area contributed by atoms with Gasteiger partial charge in [-0.15, -0.1) is 0 Å². The molecule has 0 amide bonds. The van der Waals surface area contributed by atoms with E-state index in [0.717, 1.165) is 0 Å². The van der Waals surface area contributed by atoms with E-state index in [0.29, 0.717) is 22.0 Å². The molecule has 0 unspecified atom stereocenters. The Hall–Kier alpha value is -1.76. The van der Waals surface area contributed by atoms with Gasteiger partial charge in [-0.1, -0.05) is 11.6 Å². The number of methoxy groups -OCH3 is 1. The highest BCUT2D eigenvalue weighted by molar-refractivity contribution is 7.92. The Balaban J connectivity index is 2.29. The van der Waals surface area contributed by atoms with Crippen molar-refractivity contribution >= 4 is 27.3 Å². The van der Waals surface area contributed by atoms with E-state index in [-0.39, 0.29) is 11.5 Å². The van der Waals surface area contributed by atoms with Gasteiger partial charge < -0.3 is 9.84 Å². The molecule has 2 rings (SSSR count). The van der Waals surface area contributed by atoms with Crippen molar-refractivity contribution in [2.24, 2.45) is 0 Å². The Morgan fingerprint density at radius 1 is 1.19 bits per heavy atom. The number of aliphatic hydroxyl groups is 1. The smallest absolute Gasteiger partial charge is 0.261 e. The molecule has 0 aliphatic rings. The Morgan fingerprint density at radius 2 is 1.86 bits per heavy atom. The van der Waals surface area contributed by atoms with Crippen LogP contribution in [0.4, 0.5) is 5.69 Å². The molecular formula is C14H14ClNO4S. The van der Waals surface area contributed by atoms with E-state index in [4.69, 9.17) is 21.4 Å². The largest absolute Gasteiger partial charge is 0.497 e. The first-order chi connectivity index (χ1) is 9.96. The average molecular weight is 328 g/mol. The van der Waals surface area contributed by atoms with Crippen molar-refractivity contribution in [3.05, 3.63) is 53.1 Å². The number of halogens is 1. The maximum Gasteiger partial charge on any atom is 0.261 e. The molecule has 0 saturated heterocycles. The van der Waals surface area contributed by atoms with E-state index in [1.807, 2.05) is 0 Å². The summed E-state index contributed by atoms with van der Waals surface area (Å²) in [4.78, 5) is 0.0340. The summed E-state index contributed by atoms with van der Waals surface area (Å²) in [5.41, 5.74) is 0.769. The van der Waals surface area contributed by atoms with Crippen LogP contribution < -0.4 is 9.46 Å². The Kier molecular flexibility index (Phi) is 4.72. The van der Waals surface area contributed by atoms with Crippen LogP contribution >= 0.6 is 11.6 Å². The van der Waals surface area contributed by atoms with Gasteiger partial charge in [0.1, 0.15) is 5.75 Å². The number of hydrogen-bond acceptors (Lipinski definition) is 4. The maximum atomic E-state index is 12.3. The molecule has 2 aromatic rings. The monoisotopic (exact) mass is 327 g/mol. The fraction of sp³-hybridized carbons (Fsp3) is 0.143. The predicted molar refractivity (Wildman–Crippen MR) is 81.2 cm³/mol. The fourth-order valence-electron chi connectivity index (χ4n) is 1.71. The van der Waals surface area contributed by atoms with Gasteiger partial charge in [0.2, 0.25) is 0 Å². The third kappa shape index (κ3) is 3.66. The second-order valence-corrected chi connectivity index (χ2v) is 6.33. The minimum absolute atomic E-state index is 0.0340. The first kappa shape index (κ1) is 15.6. The van der Waals surface area contributed by atoms with Crippen LogP contribution in [-0.2, 0) is 16.6 Å². The van der Waals surface area contributed by atoms with E-state index in [9.17, 15) is 8.42 Å².